The van der Waals surface area contributed by atoms with E-state index in [4.69, 9.17) is 9.47 Å². The first-order chi connectivity index (χ1) is 15.6. The predicted octanol–water partition coefficient (Wildman–Crippen LogP) is 4.10. The van der Waals surface area contributed by atoms with Gasteiger partial charge in [0, 0.05) is 36.3 Å². The number of halogens is 2. The minimum atomic E-state index is -0.700. The normalized spacial score (nSPS) is 20.5. The lowest BCUT2D eigenvalue weighted by molar-refractivity contribution is -0.119. The number of imidazole rings is 1. The van der Waals surface area contributed by atoms with Crippen molar-refractivity contribution in [1.82, 2.24) is 19.9 Å². The Kier molecular flexibility index (Phi) is 4.17. The van der Waals surface area contributed by atoms with Gasteiger partial charge in [0.05, 0.1) is 6.33 Å². The van der Waals surface area contributed by atoms with E-state index in [0.29, 0.717) is 22.8 Å². The number of aromatic nitrogens is 4. The van der Waals surface area contributed by atoms with E-state index in [2.05, 4.69) is 19.9 Å². The standard InChI is InChI=1S/C23H16F2N4O3/c24-12-2-1-11(17(25)6-12)5-13(30)7-16-19-15-8-14(3-4-18(15)32-21(16)19)31-23-20-22(27-9-26-20)28-10-29-23/h1-4,6,8-10,16,19,21H,5,7H2,(H,26,27,28,29)/t16-,19+,21-/m1/s1. The van der Waals surface area contributed by atoms with E-state index in [1.165, 1.54) is 18.7 Å². The number of aromatic amines is 1. The zero-order chi connectivity index (χ0) is 21.8. The molecule has 3 heterocycles. The lowest BCUT2D eigenvalue weighted by Gasteiger charge is -2.11. The van der Waals surface area contributed by atoms with Gasteiger partial charge in [-0.25, -0.2) is 18.7 Å². The minimum absolute atomic E-state index is 0.0344. The molecule has 0 unspecified atom stereocenters. The number of hydrogen-bond acceptors (Lipinski definition) is 6. The fourth-order valence-electron chi connectivity index (χ4n) is 4.40. The predicted molar refractivity (Wildman–Crippen MR) is 109 cm³/mol. The lowest BCUT2D eigenvalue weighted by Crippen LogP contribution is -2.09. The number of ketones is 1. The summed E-state index contributed by atoms with van der Waals surface area (Å²) in [6.07, 6.45) is 3.05. The number of hydrogen-bond donors (Lipinski definition) is 1. The van der Waals surface area contributed by atoms with Crippen LogP contribution < -0.4 is 9.47 Å². The number of Topliss-reactive ketones (excluding diaryl/α,β-unsaturated/α-hetero) is 1. The van der Waals surface area contributed by atoms with Crippen LogP contribution in [0, 0.1) is 17.6 Å². The Morgan fingerprint density at radius 1 is 1.12 bits per heavy atom. The lowest BCUT2D eigenvalue weighted by atomic mass is 10.0. The molecule has 2 aromatic heterocycles. The second kappa shape index (κ2) is 7.08. The van der Waals surface area contributed by atoms with Crippen molar-refractivity contribution in [2.24, 2.45) is 5.92 Å². The molecule has 7 nitrogen and oxygen atoms in total. The molecule has 1 N–H and O–H groups in total. The van der Waals surface area contributed by atoms with Crippen LogP contribution in [0.25, 0.3) is 11.2 Å². The van der Waals surface area contributed by atoms with E-state index < -0.39 is 11.6 Å². The molecule has 1 saturated carbocycles. The molecule has 9 heteroatoms. The average molecular weight is 434 g/mol. The number of fused-ring (bicyclic) bond motifs is 4. The molecule has 32 heavy (non-hydrogen) atoms. The Morgan fingerprint density at radius 3 is 2.91 bits per heavy atom. The van der Waals surface area contributed by atoms with Gasteiger partial charge in [0.25, 0.3) is 0 Å². The van der Waals surface area contributed by atoms with Crippen LogP contribution in [0.2, 0.25) is 0 Å². The van der Waals surface area contributed by atoms with Gasteiger partial charge in [-0.15, -0.1) is 0 Å². The van der Waals surface area contributed by atoms with Gasteiger partial charge in [-0.3, -0.25) is 4.79 Å². The first kappa shape index (κ1) is 18.9. The SMILES string of the molecule is O=C(Cc1ccc(F)cc1F)C[C@H]1[C@H]2Oc3ccc(Oc4ncnc5nc[nH]c45)cc3[C@@H]12. The van der Waals surface area contributed by atoms with Crippen molar-refractivity contribution in [3.05, 3.63) is 71.8 Å². The van der Waals surface area contributed by atoms with Crippen molar-refractivity contribution in [3.63, 3.8) is 0 Å². The largest absolute Gasteiger partial charge is 0.489 e. The second-order valence-corrected chi connectivity index (χ2v) is 8.01. The van der Waals surface area contributed by atoms with Gasteiger partial charge in [0.15, 0.2) is 5.65 Å². The van der Waals surface area contributed by atoms with E-state index in [-0.39, 0.29) is 42.1 Å². The fourth-order valence-corrected chi connectivity index (χ4v) is 4.40. The van der Waals surface area contributed by atoms with Crippen molar-refractivity contribution in [1.29, 1.82) is 0 Å². The quantitative estimate of drug-likeness (QED) is 0.492. The molecule has 2 aliphatic rings. The molecule has 0 spiro atoms. The molecule has 1 aliphatic carbocycles. The molecule has 0 saturated heterocycles. The molecule has 160 valence electrons. The van der Waals surface area contributed by atoms with Gasteiger partial charge in [0.2, 0.25) is 5.88 Å². The van der Waals surface area contributed by atoms with Crippen LogP contribution in [0.4, 0.5) is 8.78 Å². The Labute approximate surface area is 180 Å². The van der Waals surface area contributed by atoms with Crippen LogP contribution in [0.1, 0.15) is 23.5 Å². The van der Waals surface area contributed by atoms with E-state index >= 15 is 0 Å². The van der Waals surface area contributed by atoms with Crippen LogP contribution in [0.15, 0.2) is 49.1 Å². The summed E-state index contributed by atoms with van der Waals surface area (Å²) in [7, 11) is 0. The molecular formula is C23H16F2N4O3. The van der Waals surface area contributed by atoms with Gasteiger partial charge in [0.1, 0.15) is 46.9 Å². The number of nitrogens with one attached hydrogen (secondary N) is 1. The third-order valence-electron chi connectivity index (χ3n) is 5.97. The third-order valence-corrected chi connectivity index (χ3v) is 5.97. The maximum atomic E-state index is 13.8. The smallest absolute Gasteiger partial charge is 0.248 e. The molecule has 1 aliphatic heterocycles. The van der Waals surface area contributed by atoms with Gasteiger partial charge in [-0.1, -0.05) is 6.07 Å². The fraction of sp³-hybridized carbons (Fsp3) is 0.217. The highest BCUT2D eigenvalue weighted by atomic mass is 19.1. The summed E-state index contributed by atoms with van der Waals surface area (Å²) in [5.74, 6) is 0.396. The van der Waals surface area contributed by atoms with Crippen molar-refractivity contribution < 1.29 is 23.0 Å². The first-order valence-electron chi connectivity index (χ1n) is 10.1. The van der Waals surface area contributed by atoms with Crippen molar-refractivity contribution in [2.75, 3.05) is 0 Å². The van der Waals surface area contributed by atoms with E-state index in [9.17, 15) is 13.6 Å². The van der Waals surface area contributed by atoms with E-state index in [1.54, 1.807) is 6.07 Å². The van der Waals surface area contributed by atoms with Crippen LogP contribution >= 0.6 is 0 Å². The summed E-state index contributed by atoms with van der Waals surface area (Å²) >= 11 is 0. The van der Waals surface area contributed by atoms with Gasteiger partial charge >= 0.3 is 0 Å². The molecule has 0 radical (unpaired) electrons. The number of ether oxygens (including phenoxy) is 2. The molecule has 2 aromatic carbocycles. The highest BCUT2D eigenvalue weighted by Gasteiger charge is 2.59. The third kappa shape index (κ3) is 3.17. The maximum absolute atomic E-state index is 13.8. The zero-order valence-corrected chi connectivity index (χ0v) is 16.6. The van der Waals surface area contributed by atoms with Crippen molar-refractivity contribution in [3.8, 4) is 17.4 Å². The first-order valence-corrected chi connectivity index (χ1v) is 10.1. The number of carbonyl (C=O) groups excluding carboxylic acids is 1. The molecule has 3 atom stereocenters. The second-order valence-electron chi connectivity index (χ2n) is 8.01. The Morgan fingerprint density at radius 2 is 2.03 bits per heavy atom. The summed E-state index contributed by atoms with van der Waals surface area (Å²) < 4.78 is 38.8. The van der Waals surface area contributed by atoms with Crippen LogP contribution in [0.3, 0.4) is 0 Å². The average Bonchev–Trinajstić information content (AvgIpc) is 3.12. The molecule has 0 bridgehead atoms. The van der Waals surface area contributed by atoms with Gasteiger partial charge in [-0.2, -0.15) is 4.98 Å². The number of nitrogens with zero attached hydrogens (tertiary/aromatic N) is 3. The number of benzene rings is 2. The Bertz CT molecular complexity index is 1370. The molecule has 0 amide bonds. The topological polar surface area (TPSA) is 90.0 Å². The minimum Gasteiger partial charge on any atom is -0.489 e. The van der Waals surface area contributed by atoms with Gasteiger partial charge in [-0.05, 0) is 29.8 Å². The van der Waals surface area contributed by atoms with Gasteiger partial charge < -0.3 is 14.5 Å². The summed E-state index contributed by atoms with van der Waals surface area (Å²) in [4.78, 5) is 27.8. The van der Waals surface area contributed by atoms with E-state index in [1.807, 2.05) is 12.1 Å². The highest BCUT2D eigenvalue weighted by molar-refractivity contribution is 5.82. The zero-order valence-electron chi connectivity index (χ0n) is 16.6. The van der Waals surface area contributed by atoms with Crippen LogP contribution in [0.5, 0.6) is 17.4 Å². The molecular weight excluding hydrogens is 418 g/mol. The number of carbonyl (C=O) groups is 1. The highest BCUT2D eigenvalue weighted by Crippen LogP contribution is 2.60. The van der Waals surface area contributed by atoms with Crippen LogP contribution in [-0.4, -0.2) is 31.8 Å². The summed E-state index contributed by atoms with van der Waals surface area (Å²) in [5, 5.41) is 0. The molecule has 6 rings (SSSR count). The number of rotatable bonds is 6. The summed E-state index contributed by atoms with van der Waals surface area (Å²) in [6, 6.07) is 8.81. The van der Waals surface area contributed by atoms with E-state index in [0.717, 1.165) is 23.4 Å². The van der Waals surface area contributed by atoms with Crippen molar-refractivity contribution in [2.45, 2.75) is 24.9 Å². The molecule has 4 aromatic rings. The summed E-state index contributed by atoms with van der Waals surface area (Å²) in [6.45, 7) is 0. The molecule has 1 fully saturated rings. The maximum Gasteiger partial charge on any atom is 0.248 e. The summed E-state index contributed by atoms with van der Waals surface area (Å²) in [5.41, 5.74) is 2.30. The van der Waals surface area contributed by atoms with Crippen LogP contribution in [-0.2, 0) is 11.2 Å². The Balaban J connectivity index is 1.16. The number of H-pyrrole nitrogens is 1. The Hall–Kier alpha value is -3.88. The monoisotopic (exact) mass is 434 g/mol. The van der Waals surface area contributed by atoms with Crippen molar-refractivity contribution >= 4 is 16.9 Å².